The Morgan fingerprint density at radius 3 is 2.55 bits per heavy atom. The molecule has 2 aromatic rings. The minimum atomic E-state index is -0.105. The van der Waals surface area contributed by atoms with Crippen LogP contribution in [0.15, 0.2) is 42.5 Å². The van der Waals surface area contributed by atoms with Gasteiger partial charge < -0.3 is 15.0 Å². The molecular formula is C26H30ClN3O3. The fourth-order valence-corrected chi connectivity index (χ4v) is 5.82. The fourth-order valence-electron chi connectivity index (χ4n) is 5.56. The maximum absolute atomic E-state index is 13.3. The molecule has 2 heterocycles. The van der Waals surface area contributed by atoms with Gasteiger partial charge in [-0.05, 0) is 67.5 Å². The van der Waals surface area contributed by atoms with Gasteiger partial charge in [-0.1, -0.05) is 35.9 Å². The highest BCUT2D eigenvalue weighted by molar-refractivity contribution is 6.32. The predicted octanol–water partition coefficient (Wildman–Crippen LogP) is 3.97. The number of fused-ring (bicyclic) bond motifs is 1. The first-order valence-electron chi connectivity index (χ1n) is 11.6. The lowest BCUT2D eigenvalue weighted by Gasteiger charge is -2.39. The highest BCUT2D eigenvalue weighted by atomic mass is 35.5. The molecule has 1 saturated heterocycles. The van der Waals surface area contributed by atoms with Gasteiger partial charge in [0.1, 0.15) is 5.75 Å². The monoisotopic (exact) mass is 467 g/mol. The summed E-state index contributed by atoms with van der Waals surface area (Å²) in [5, 5.41) is 3.48. The van der Waals surface area contributed by atoms with E-state index in [2.05, 4.69) is 34.5 Å². The lowest BCUT2D eigenvalue weighted by Crippen LogP contribution is -2.52. The summed E-state index contributed by atoms with van der Waals surface area (Å²) in [6.45, 7) is 2.26. The molecule has 174 valence electrons. The topological polar surface area (TPSA) is 61.9 Å². The van der Waals surface area contributed by atoms with Gasteiger partial charge in [-0.25, -0.2) is 0 Å². The summed E-state index contributed by atoms with van der Waals surface area (Å²) in [6, 6.07) is 13.6. The number of nitrogens with one attached hydrogen (secondary N) is 1. The second-order valence-corrected chi connectivity index (χ2v) is 10.1. The van der Waals surface area contributed by atoms with Crippen LogP contribution < -0.4 is 10.1 Å². The van der Waals surface area contributed by atoms with Gasteiger partial charge in [0.15, 0.2) is 0 Å². The molecule has 2 aromatic carbocycles. The van der Waals surface area contributed by atoms with Crippen molar-refractivity contribution < 1.29 is 14.3 Å². The molecule has 0 bridgehead atoms. The van der Waals surface area contributed by atoms with Gasteiger partial charge >= 0.3 is 0 Å². The molecule has 1 N–H and O–H groups in total. The molecule has 2 unspecified atom stereocenters. The normalized spacial score (nSPS) is 23.7. The van der Waals surface area contributed by atoms with Gasteiger partial charge in [0, 0.05) is 31.2 Å². The summed E-state index contributed by atoms with van der Waals surface area (Å²) in [5.41, 5.74) is 3.30. The number of carbonyl (C=O) groups is 2. The quantitative estimate of drug-likeness (QED) is 0.739. The van der Waals surface area contributed by atoms with Crippen LogP contribution in [-0.2, 0) is 22.6 Å². The summed E-state index contributed by atoms with van der Waals surface area (Å²) >= 11 is 6.18. The van der Waals surface area contributed by atoms with Crippen molar-refractivity contribution in [3.63, 3.8) is 0 Å². The summed E-state index contributed by atoms with van der Waals surface area (Å²) in [5.74, 6) is 0.845. The molecule has 3 aliphatic rings. The summed E-state index contributed by atoms with van der Waals surface area (Å²) in [7, 11) is 3.60. The lowest BCUT2D eigenvalue weighted by molar-refractivity contribution is -0.138. The summed E-state index contributed by atoms with van der Waals surface area (Å²) in [4.78, 5) is 30.4. The van der Waals surface area contributed by atoms with E-state index in [1.807, 2.05) is 11.9 Å². The Bertz CT molecular complexity index is 1080. The number of rotatable bonds is 4. The van der Waals surface area contributed by atoms with Crippen LogP contribution in [0.5, 0.6) is 5.75 Å². The zero-order valence-corrected chi connectivity index (χ0v) is 19.9. The number of hydrogen-bond acceptors (Lipinski definition) is 4. The van der Waals surface area contributed by atoms with E-state index >= 15 is 0 Å². The number of anilines is 1. The molecule has 0 aromatic heterocycles. The maximum atomic E-state index is 13.3. The van der Waals surface area contributed by atoms with Crippen molar-refractivity contribution in [2.75, 3.05) is 32.6 Å². The van der Waals surface area contributed by atoms with Crippen molar-refractivity contribution in [3.05, 3.63) is 58.6 Å². The Labute approximate surface area is 199 Å². The van der Waals surface area contributed by atoms with Crippen LogP contribution in [0.25, 0.3) is 0 Å². The van der Waals surface area contributed by atoms with E-state index in [4.69, 9.17) is 16.3 Å². The van der Waals surface area contributed by atoms with Crippen LogP contribution >= 0.6 is 11.6 Å². The number of halogens is 1. The Kier molecular flexibility index (Phi) is 5.83. The van der Waals surface area contributed by atoms with Crippen molar-refractivity contribution in [2.45, 2.75) is 38.3 Å². The van der Waals surface area contributed by atoms with E-state index in [0.717, 1.165) is 45.3 Å². The van der Waals surface area contributed by atoms with Crippen LogP contribution in [0.3, 0.4) is 0 Å². The van der Waals surface area contributed by atoms with Crippen LogP contribution in [0.4, 0.5) is 5.69 Å². The van der Waals surface area contributed by atoms with Crippen molar-refractivity contribution in [3.8, 4) is 5.75 Å². The Hall–Kier alpha value is -2.57. The molecule has 5 rings (SSSR count). The third-order valence-electron chi connectivity index (χ3n) is 7.76. The highest BCUT2D eigenvalue weighted by Crippen LogP contribution is 2.59. The first kappa shape index (κ1) is 22.2. The first-order valence-corrected chi connectivity index (χ1v) is 12.0. The smallest absolute Gasteiger partial charge is 0.240 e. The lowest BCUT2D eigenvalue weighted by atomic mass is 9.89. The largest absolute Gasteiger partial charge is 0.495 e. The number of piperidine rings is 1. The fraction of sp³-hybridized carbons (Fsp3) is 0.462. The average Bonchev–Trinajstić information content (AvgIpc) is 3.52. The summed E-state index contributed by atoms with van der Waals surface area (Å²) < 4.78 is 5.17. The van der Waals surface area contributed by atoms with Gasteiger partial charge in [0.2, 0.25) is 11.8 Å². The number of likely N-dealkylation sites (tertiary alicyclic amines) is 1. The van der Waals surface area contributed by atoms with Crippen LogP contribution in [-0.4, -0.2) is 54.9 Å². The van der Waals surface area contributed by atoms with E-state index in [9.17, 15) is 9.59 Å². The number of methoxy groups -OCH3 is 1. The Balaban J connectivity index is 1.17. The van der Waals surface area contributed by atoms with Crippen LogP contribution in [0.1, 0.15) is 30.4 Å². The Morgan fingerprint density at radius 2 is 1.85 bits per heavy atom. The van der Waals surface area contributed by atoms with Crippen molar-refractivity contribution in [1.82, 2.24) is 9.80 Å². The zero-order valence-electron chi connectivity index (χ0n) is 19.1. The van der Waals surface area contributed by atoms with Gasteiger partial charge in [-0.2, -0.15) is 0 Å². The van der Waals surface area contributed by atoms with Crippen LogP contribution in [0, 0.1) is 11.3 Å². The molecule has 1 saturated carbocycles. The maximum Gasteiger partial charge on any atom is 0.240 e. The van der Waals surface area contributed by atoms with E-state index < -0.39 is 0 Å². The number of likely N-dealkylation sites (N-methyl/N-ethyl adjacent to an activating group) is 1. The number of benzene rings is 2. The first-order chi connectivity index (χ1) is 15.9. The number of carbonyl (C=O) groups excluding carboxylic acids is 2. The molecular weight excluding hydrogens is 438 g/mol. The molecule has 2 aliphatic heterocycles. The molecule has 2 amide bonds. The molecule has 0 radical (unpaired) electrons. The minimum absolute atomic E-state index is 0.000129. The second kappa shape index (κ2) is 8.65. The molecule has 1 aliphatic carbocycles. The van der Waals surface area contributed by atoms with Gasteiger partial charge in [0.05, 0.1) is 18.2 Å². The molecule has 2 fully saturated rings. The molecule has 6 nitrogen and oxygen atoms in total. The third-order valence-corrected chi connectivity index (χ3v) is 8.06. The standard InChI is InChI=1S/C26H30ClN3O3/c1-29-16-18-6-4-3-5-17(18)13-22(29)25(32)30-11-9-26(10-12-30)15-20(26)24(31)28-19-7-8-23(33-2)21(27)14-19/h3-8,14,20,22H,9-13,15-16H2,1-2H3,(H,28,31). The molecule has 7 heteroatoms. The molecule has 2 atom stereocenters. The molecule has 33 heavy (non-hydrogen) atoms. The zero-order chi connectivity index (χ0) is 23.2. The van der Waals surface area contributed by atoms with Gasteiger partial charge in [0.25, 0.3) is 0 Å². The minimum Gasteiger partial charge on any atom is -0.495 e. The number of ether oxygens (including phenoxy) is 1. The van der Waals surface area contributed by atoms with Gasteiger partial charge in [-0.15, -0.1) is 0 Å². The average molecular weight is 468 g/mol. The van der Waals surface area contributed by atoms with E-state index in [0.29, 0.717) is 16.5 Å². The second-order valence-electron chi connectivity index (χ2n) is 9.69. The van der Waals surface area contributed by atoms with Crippen molar-refractivity contribution in [1.29, 1.82) is 0 Å². The Morgan fingerprint density at radius 1 is 1.12 bits per heavy atom. The predicted molar refractivity (Wildman–Crippen MR) is 128 cm³/mol. The summed E-state index contributed by atoms with van der Waals surface area (Å²) in [6.07, 6.45) is 3.42. The van der Waals surface area contributed by atoms with E-state index in [1.165, 1.54) is 11.1 Å². The van der Waals surface area contributed by atoms with Crippen molar-refractivity contribution in [2.24, 2.45) is 11.3 Å². The van der Waals surface area contributed by atoms with Crippen LogP contribution in [0.2, 0.25) is 5.02 Å². The van der Waals surface area contributed by atoms with E-state index in [-0.39, 0.29) is 29.2 Å². The molecule has 1 spiro atoms. The van der Waals surface area contributed by atoms with E-state index in [1.54, 1.807) is 25.3 Å². The van der Waals surface area contributed by atoms with Crippen molar-refractivity contribution >= 4 is 29.1 Å². The number of nitrogens with zero attached hydrogens (tertiary/aromatic N) is 2. The SMILES string of the molecule is COc1ccc(NC(=O)C2CC23CCN(C(=O)C2Cc4ccccc4CN2C)CC3)cc1Cl. The number of amides is 2. The van der Waals surface area contributed by atoms with Gasteiger partial charge in [-0.3, -0.25) is 14.5 Å². The number of hydrogen-bond donors (Lipinski definition) is 1. The highest BCUT2D eigenvalue weighted by Gasteiger charge is 2.59. The third kappa shape index (κ3) is 4.22.